The quantitative estimate of drug-likeness (QED) is 0.491. The van der Waals surface area contributed by atoms with Gasteiger partial charge >= 0.3 is 0 Å². The summed E-state index contributed by atoms with van der Waals surface area (Å²) >= 11 is 0. The van der Waals surface area contributed by atoms with E-state index in [2.05, 4.69) is 50.4 Å². The van der Waals surface area contributed by atoms with Gasteiger partial charge in [0.2, 0.25) is 0 Å². The number of carbonyl (C=O) groups is 1. The molecule has 1 N–H and O–H groups in total. The maximum atomic E-state index is 12.4. The van der Waals surface area contributed by atoms with Gasteiger partial charge in [-0.2, -0.15) is 0 Å². The molecule has 1 aliphatic rings. The Morgan fingerprint density at radius 3 is 2.07 bits per heavy atom. The highest BCUT2D eigenvalue weighted by molar-refractivity contribution is 5.88. The van der Waals surface area contributed by atoms with Gasteiger partial charge in [0.25, 0.3) is 0 Å². The maximum absolute atomic E-state index is 12.4. The minimum absolute atomic E-state index is 0.103. The molecule has 0 saturated heterocycles. The summed E-state index contributed by atoms with van der Waals surface area (Å²) in [7, 11) is 0. The smallest absolute Gasteiger partial charge is 0.173 e. The molecule has 0 saturated carbocycles. The number of ketones is 1. The van der Waals surface area contributed by atoms with E-state index in [4.69, 9.17) is 4.74 Å². The van der Waals surface area contributed by atoms with E-state index in [-0.39, 0.29) is 12.1 Å². The summed E-state index contributed by atoms with van der Waals surface area (Å²) < 4.78 is 6.34. The minimum atomic E-state index is -0.195. The lowest BCUT2D eigenvalue weighted by atomic mass is 9.98. The van der Waals surface area contributed by atoms with Crippen LogP contribution in [0.1, 0.15) is 71.4 Å². The number of benzene rings is 2. The molecule has 0 aliphatic carbocycles. The standard InChI is InChI=1S/C25H31NO2.C2H6/c1-18(2)11-10-16-22(27)17-19(3)25-26-23(20-12-6-4-7-13-20)24(28-25)21-14-8-5-9-15-21;1-2/h4-9,12-15,18-19,25-26H,10-11,16-17H2,1-3H3;1-2H3. The van der Waals surface area contributed by atoms with E-state index < -0.39 is 0 Å². The maximum Gasteiger partial charge on any atom is 0.173 e. The summed E-state index contributed by atoms with van der Waals surface area (Å²) in [5, 5.41) is 3.54. The number of ether oxygens (including phenoxy) is 1. The van der Waals surface area contributed by atoms with Crippen LogP contribution in [0.5, 0.6) is 0 Å². The van der Waals surface area contributed by atoms with Crippen LogP contribution in [-0.4, -0.2) is 12.0 Å². The molecule has 30 heavy (non-hydrogen) atoms. The third-order valence-corrected chi connectivity index (χ3v) is 5.16. The van der Waals surface area contributed by atoms with Crippen molar-refractivity contribution in [2.45, 2.75) is 66.5 Å². The van der Waals surface area contributed by atoms with Crippen LogP contribution in [0.2, 0.25) is 0 Å². The summed E-state index contributed by atoms with van der Waals surface area (Å²) in [6.07, 6.45) is 3.10. The summed E-state index contributed by atoms with van der Waals surface area (Å²) in [6.45, 7) is 10.5. The normalized spacial score (nSPS) is 16.4. The van der Waals surface area contributed by atoms with Crippen LogP contribution in [0.15, 0.2) is 60.7 Å². The van der Waals surface area contributed by atoms with Crippen LogP contribution in [0.25, 0.3) is 11.5 Å². The van der Waals surface area contributed by atoms with E-state index in [1.165, 1.54) is 0 Å². The lowest BCUT2D eigenvalue weighted by molar-refractivity contribution is -0.120. The molecule has 0 aromatic heterocycles. The molecule has 0 spiro atoms. The number of carbonyl (C=O) groups excluding carboxylic acids is 1. The predicted molar refractivity (Wildman–Crippen MR) is 127 cm³/mol. The third-order valence-electron chi connectivity index (χ3n) is 5.16. The number of hydrogen-bond acceptors (Lipinski definition) is 3. The molecular formula is C27H37NO2. The first-order valence-electron chi connectivity index (χ1n) is 11.3. The fourth-order valence-corrected chi connectivity index (χ4v) is 3.58. The van der Waals surface area contributed by atoms with Gasteiger partial charge in [-0.25, -0.2) is 0 Å². The Morgan fingerprint density at radius 1 is 0.933 bits per heavy atom. The molecule has 2 unspecified atom stereocenters. The topological polar surface area (TPSA) is 38.3 Å². The summed E-state index contributed by atoms with van der Waals surface area (Å²) in [4.78, 5) is 12.4. The van der Waals surface area contributed by atoms with Gasteiger partial charge in [0.05, 0.1) is 5.70 Å². The van der Waals surface area contributed by atoms with Crippen LogP contribution in [-0.2, 0) is 9.53 Å². The molecule has 0 fully saturated rings. The zero-order valence-corrected chi connectivity index (χ0v) is 19.2. The van der Waals surface area contributed by atoms with Crippen LogP contribution in [0.3, 0.4) is 0 Å². The van der Waals surface area contributed by atoms with E-state index >= 15 is 0 Å². The van der Waals surface area contributed by atoms with Crippen molar-refractivity contribution in [1.82, 2.24) is 5.32 Å². The van der Waals surface area contributed by atoms with Crippen molar-refractivity contribution >= 4 is 17.2 Å². The van der Waals surface area contributed by atoms with E-state index in [9.17, 15) is 4.79 Å². The van der Waals surface area contributed by atoms with Crippen LogP contribution < -0.4 is 5.32 Å². The number of Topliss-reactive ketones (excluding diaryl/α,β-unsaturated/α-hetero) is 1. The predicted octanol–water partition coefficient (Wildman–Crippen LogP) is 6.91. The van der Waals surface area contributed by atoms with Crippen LogP contribution in [0.4, 0.5) is 0 Å². The van der Waals surface area contributed by atoms with E-state index in [1.54, 1.807) is 0 Å². The van der Waals surface area contributed by atoms with Crippen molar-refractivity contribution in [2.75, 3.05) is 0 Å². The third kappa shape index (κ3) is 6.76. The fourth-order valence-electron chi connectivity index (χ4n) is 3.58. The lowest BCUT2D eigenvalue weighted by Crippen LogP contribution is -2.32. The molecule has 162 valence electrons. The summed E-state index contributed by atoms with van der Waals surface area (Å²) in [6, 6.07) is 20.4. The zero-order valence-electron chi connectivity index (χ0n) is 19.2. The van der Waals surface area contributed by atoms with Gasteiger partial charge in [0, 0.05) is 29.9 Å². The highest BCUT2D eigenvalue weighted by Gasteiger charge is 2.31. The van der Waals surface area contributed by atoms with Crippen molar-refractivity contribution in [3.05, 3.63) is 71.8 Å². The van der Waals surface area contributed by atoms with Crippen molar-refractivity contribution in [3.63, 3.8) is 0 Å². The molecule has 1 heterocycles. The largest absolute Gasteiger partial charge is 0.468 e. The monoisotopic (exact) mass is 407 g/mol. The highest BCUT2D eigenvalue weighted by atomic mass is 16.5. The number of nitrogens with one attached hydrogen (secondary N) is 1. The van der Waals surface area contributed by atoms with Gasteiger partial charge in [-0.3, -0.25) is 4.79 Å². The van der Waals surface area contributed by atoms with Gasteiger partial charge in [-0.15, -0.1) is 0 Å². The van der Waals surface area contributed by atoms with Gasteiger partial charge in [-0.05, 0) is 12.3 Å². The molecule has 2 aromatic rings. The van der Waals surface area contributed by atoms with Crippen molar-refractivity contribution in [2.24, 2.45) is 11.8 Å². The first kappa shape index (κ1) is 23.7. The fraction of sp³-hybridized carbons (Fsp3) is 0.444. The van der Waals surface area contributed by atoms with Crippen molar-refractivity contribution in [1.29, 1.82) is 0 Å². The highest BCUT2D eigenvalue weighted by Crippen LogP contribution is 2.34. The minimum Gasteiger partial charge on any atom is -0.468 e. The van der Waals surface area contributed by atoms with E-state index in [1.807, 2.05) is 50.2 Å². The molecule has 1 aliphatic heterocycles. The zero-order chi connectivity index (χ0) is 21.9. The van der Waals surface area contributed by atoms with Crippen LogP contribution >= 0.6 is 0 Å². The average molecular weight is 408 g/mol. The Labute approximate surface area is 182 Å². The molecule has 2 atom stereocenters. The van der Waals surface area contributed by atoms with Gasteiger partial charge in [0.1, 0.15) is 5.78 Å². The summed E-state index contributed by atoms with van der Waals surface area (Å²) in [5.74, 6) is 1.94. The Kier molecular flexibility index (Phi) is 9.66. The second-order valence-electron chi connectivity index (χ2n) is 8.13. The molecule has 3 heteroatoms. The Bertz CT molecular complexity index is 745. The Balaban J connectivity index is 0.00000155. The molecule has 2 aromatic carbocycles. The van der Waals surface area contributed by atoms with Gasteiger partial charge in [-0.1, -0.05) is 102 Å². The second-order valence-corrected chi connectivity index (χ2v) is 8.13. The van der Waals surface area contributed by atoms with Gasteiger partial charge < -0.3 is 10.1 Å². The first-order chi connectivity index (χ1) is 14.5. The molecule has 3 nitrogen and oxygen atoms in total. The molecule has 0 bridgehead atoms. The van der Waals surface area contributed by atoms with Crippen LogP contribution in [0, 0.1) is 11.8 Å². The Morgan fingerprint density at radius 2 is 1.50 bits per heavy atom. The van der Waals surface area contributed by atoms with E-state index in [0.717, 1.165) is 35.4 Å². The lowest BCUT2D eigenvalue weighted by Gasteiger charge is -2.20. The van der Waals surface area contributed by atoms with Crippen molar-refractivity contribution in [3.8, 4) is 0 Å². The SMILES string of the molecule is CC.CC(C)CCCC(=O)CC(C)C1NC(c2ccccc2)=C(c2ccccc2)O1. The van der Waals surface area contributed by atoms with Gasteiger partial charge in [0.15, 0.2) is 12.0 Å². The molecular weight excluding hydrogens is 370 g/mol. The number of hydrogen-bond donors (Lipinski definition) is 1. The first-order valence-corrected chi connectivity index (χ1v) is 11.3. The number of rotatable bonds is 9. The second kappa shape index (κ2) is 12.2. The molecule has 0 amide bonds. The molecule has 0 radical (unpaired) electrons. The van der Waals surface area contributed by atoms with Crippen molar-refractivity contribution < 1.29 is 9.53 Å². The van der Waals surface area contributed by atoms with E-state index in [0.29, 0.717) is 24.5 Å². The average Bonchev–Trinajstić information content (AvgIpc) is 3.22. The molecule has 3 rings (SSSR count). The Hall–Kier alpha value is -2.55. The summed E-state index contributed by atoms with van der Waals surface area (Å²) in [5.41, 5.74) is 3.14.